The van der Waals surface area contributed by atoms with Gasteiger partial charge < -0.3 is 24.8 Å². The number of ether oxygens (including phenoxy) is 2. The third kappa shape index (κ3) is 3.21. The van der Waals surface area contributed by atoms with Gasteiger partial charge in [0.15, 0.2) is 6.29 Å². The maximum atomic E-state index is 11.5. The molecule has 1 heterocycles. The number of allylic oxidation sites excluding steroid dienone is 1. The second-order valence-electron chi connectivity index (χ2n) is 13.2. The fourth-order valence-electron chi connectivity index (χ4n) is 8.81. The van der Waals surface area contributed by atoms with Gasteiger partial charge in [-0.25, -0.2) is 0 Å². The van der Waals surface area contributed by atoms with Crippen molar-refractivity contribution in [2.24, 2.45) is 45.8 Å². The van der Waals surface area contributed by atoms with Gasteiger partial charge in [0.05, 0.1) is 31.0 Å². The molecule has 0 bridgehead atoms. The number of fused-ring (bicyclic) bond motifs is 5. The van der Waals surface area contributed by atoms with E-state index in [1.54, 1.807) is 0 Å². The van der Waals surface area contributed by atoms with Gasteiger partial charge in [-0.1, -0.05) is 46.8 Å². The van der Waals surface area contributed by atoms with E-state index in [9.17, 15) is 15.3 Å². The van der Waals surface area contributed by atoms with Gasteiger partial charge in [-0.15, -0.1) is 0 Å². The largest absolute Gasteiger partial charge is 0.393 e. The summed E-state index contributed by atoms with van der Waals surface area (Å²) < 4.78 is 12.4. The highest BCUT2D eigenvalue weighted by Gasteiger charge is 2.66. The summed E-state index contributed by atoms with van der Waals surface area (Å²) in [5, 5.41) is 32.9. The van der Waals surface area contributed by atoms with Crippen LogP contribution < -0.4 is 0 Å². The minimum Gasteiger partial charge on any atom is -0.393 e. The standard InChI is InChI=1S/C27H44O5/c1-16(23-31-14-24(2,3)15-32-23)19-6-7-20-18-8-11-27(30)13-17(28)12-22(29)26(27,5)21(18)9-10-25(19,20)4/h8,11,16-23,28-30H,6-7,9-10,12-15H2,1-5H3/t16?,17-,18-,19+,20-,21-,22-,25+,26-,27+/m0/s1. The van der Waals surface area contributed by atoms with E-state index in [1.165, 1.54) is 12.8 Å². The Morgan fingerprint density at radius 3 is 2.34 bits per heavy atom. The molecule has 1 saturated heterocycles. The number of aliphatic hydroxyl groups is 3. The van der Waals surface area contributed by atoms with Crippen molar-refractivity contribution in [3.8, 4) is 0 Å². The molecule has 5 rings (SSSR count). The minimum absolute atomic E-state index is 0.0872. The Bertz CT molecular complexity index is 755. The van der Waals surface area contributed by atoms with E-state index in [1.807, 2.05) is 6.08 Å². The van der Waals surface area contributed by atoms with Crippen LogP contribution in [0.3, 0.4) is 0 Å². The lowest BCUT2D eigenvalue weighted by Gasteiger charge is -2.63. The van der Waals surface area contributed by atoms with Crippen molar-refractivity contribution in [3.05, 3.63) is 12.2 Å². The molecular weight excluding hydrogens is 404 g/mol. The number of aliphatic hydroxyl groups excluding tert-OH is 2. The Kier molecular flexibility index (Phi) is 5.47. The second-order valence-corrected chi connectivity index (χ2v) is 13.2. The van der Waals surface area contributed by atoms with E-state index in [0.29, 0.717) is 36.5 Å². The van der Waals surface area contributed by atoms with Gasteiger partial charge in [0, 0.05) is 29.6 Å². The first-order valence-corrected chi connectivity index (χ1v) is 12.9. The summed E-state index contributed by atoms with van der Waals surface area (Å²) in [5.74, 6) is 2.07. The molecule has 4 fully saturated rings. The fraction of sp³-hybridized carbons (Fsp3) is 0.926. The van der Waals surface area contributed by atoms with Gasteiger partial charge in [0.1, 0.15) is 0 Å². The lowest BCUT2D eigenvalue weighted by atomic mass is 9.44. The first kappa shape index (κ1) is 23.3. The first-order chi connectivity index (χ1) is 14.9. The Labute approximate surface area is 193 Å². The zero-order valence-corrected chi connectivity index (χ0v) is 20.6. The zero-order chi connectivity index (χ0) is 23.1. The maximum absolute atomic E-state index is 11.5. The molecule has 0 spiro atoms. The van der Waals surface area contributed by atoms with Gasteiger partial charge >= 0.3 is 0 Å². The van der Waals surface area contributed by atoms with Crippen LogP contribution in [0.5, 0.6) is 0 Å². The third-order valence-electron chi connectivity index (χ3n) is 10.8. The molecule has 4 aliphatic carbocycles. The van der Waals surface area contributed by atoms with Crippen molar-refractivity contribution in [1.29, 1.82) is 0 Å². The molecule has 0 aromatic heterocycles. The van der Waals surface area contributed by atoms with Crippen LogP contribution in [0.1, 0.15) is 73.1 Å². The molecule has 5 nitrogen and oxygen atoms in total. The molecule has 5 aliphatic rings. The highest BCUT2D eigenvalue weighted by molar-refractivity contribution is 5.26. The Morgan fingerprint density at radius 2 is 1.66 bits per heavy atom. The molecule has 0 aromatic carbocycles. The predicted molar refractivity (Wildman–Crippen MR) is 123 cm³/mol. The molecule has 10 atom stereocenters. The molecular formula is C27H44O5. The van der Waals surface area contributed by atoms with Gasteiger partial charge in [0.25, 0.3) is 0 Å². The lowest BCUT2D eigenvalue weighted by Crippen LogP contribution is -2.66. The van der Waals surface area contributed by atoms with Crippen molar-refractivity contribution in [3.63, 3.8) is 0 Å². The van der Waals surface area contributed by atoms with Crippen molar-refractivity contribution in [2.75, 3.05) is 13.2 Å². The normalized spacial score (nSPS) is 53.9. The van der Waals surface area contributed by atoms with Crippen LogP contribution in [0.25, 0.3) is 0 Å². The highest BCUT2D eigenvalue weighted by Crippen LogP contribution is 2.67. The average Bonchev–Trinajstić information content (AvgIpc) is 3.06. The molecule has 1 aliphatic heterocycles. The summed E-state index contributed by atoms with van der Waals surface area (Å²) in [6.45, 7) is 12.8. The number of rotatable bonds is 2. The molecule has 0 radical (unpaired) electrons. The van der Waals surface area contributed by atoms with Crippen LogP contribution in [0.4, 0.5) is 0 Å². The Hall–Kier alpha value is -0.460. The molecule has 0 amide bonds. The molecule has 0 aromatic rings. The van der Waals surface area contributed by atoms with Crippen LogP contribution in [0.2, 0.25) is 0 Å². The van der Waals surface area contributed by atoms with Crippen molar-refractivity contribution < 1.29 is 24.8 Å². The van der Waals surface area contributed by atoms with E-state index in [-0.39, 0.29) is 23.0 Å². The van der Waals surface area contributed by atoms with E-state index >= 15 is 0 Å². The summed E-state index contributed by atoms with van der Waals surface area (Å²) in [6, 6.07) is 0. The van der Waals surface area contributed by atoms with E-state index < -0.39 is 23.2 Å². The average molecular weight is 449 g/mol. The maximum Gasteiger partial charge on any atom is 0.160 e. The van der Waals surface area contributed by atoms with Crippen LogP contribution in [0, 0.1) is 45.8 Å². The minimum atomic E-state index is -1.12. The van der Waals surface area contributed by atoms with Gasteiger partial charge in [-0.05, 0) is 54.8 Å². The molecule has 32 heavy (non-hydrogen) atoms. The van der Waals surface area contributed by atoms with Crippen LogP contribution in [-0.4, -0.2) is 52.6 Å². The molecule has 5 heteroatoms. The topological polar surface area (TPSA) is 79.2 Å². The third-order valence-corrected chi connectivity index (χ3v) is 10.8. The molecule has 182 valence electrons. The SMILES string of the molecule is CC(C1OCC(C)(C)CO1)[C@H]1CC[C@H]2[C@@H]3C=C[C@@]4(O)C[C@@H](O)C[C@H](O)[C@]4(C)[C@H]3CC[C@]12C. The van der Waals surface area contributed by atoms with Gasteiger partial charge in [0.2, 0.25) is 0 Å². The van der Waals surface area contributed by atoms with Gasteiger partial charge in [-0.3, -0.25) is 0 Å². The second kappa shape index (κ2) is 7.52. The smallest absolute Gasteiger partial charge is 0.160 e. The number of hydrogen-bond donors (Lipinski definition) is 3. The first-order valence-electron chi connectivity index (χ1n) is 12.9. The number of hydrogen-bond acceptors (Lipinski definition) is 5. The van der Waals surface area contributed by atoms with E-state index in [4.69, 9.17) is 9.47 Å². The zero-order valence-electron chi connectivity index (χ0n) is 20.6. The monoisotopic (exact) mass is 448 g/mol. The fourth-order valence-corrected chi connectivity index (χ4v) is 8.81. The summed E-state index contributed by atoms with van der Waals surface area (Å²) in [5.41, 5.74) is -1.42. The summed E-state index contributed by atoms with van der Waals surface area (Å²) in [4.78, 5) is 0. The summed E-state index contributed by atoms with van der Waals surface area (Å²) in [6.07, 6.45) is 7.94. The van der Waals surface area contributed by atoms with Crippen molar-refractivity contribution >= 4 is 0 Å². The van der Waals surface area contributed by atoms with Crippen molar-refractivity contribution in [1.82, 2.24) is 0 Å². The summed E-state index contributed by atoms with van der Waals surface area (Å²) >= 11 is 0. The quantitative estimate of drug-likeness (QED) is 0.559. The Morgan fingerprint density at radius 1 is 0.969 bits per heavy atom. The lowest BCUT2D eigenvalue weighted by molar-refractivity contribution is -0.254. The van der Waals surface area contributed by atoms with Crippen LogP contribution in [-0.2, 0) is 9.47 Å². The van der Waals surface area contributed by atoms with E-state index in [0.717, 1.165) is 26.1 Å². The summed E-state index contributed by atoms with van der Waals surface area (Å²) in [7, 11) is 0. The Balaban J connectivity index is 1.39. The highest BCUT2D eigenvalue weighted by atomic mass is 16.7. The molecule has 3 saturated carbocycles. The van der Waals surface area contributed by atoms with Gasteiger partial charge in [-0.2, -0.15) is 0 Å². The van der Waals surface area contributed by atoms with Crippen LogP contribution in [0.15, 0.2) is 12.2 Å². The molecule has 1 unspecified atom stereocenters. The molecule has 3 N–H and O–H groups in total. The van der Waals surface area contributed by atoms with Crippen molar-refractivity contribution in [2.45, 2.75) is 97.2 Å². The van der Waals surface area contributed by atoms with Crippen LogP contribution >= 0.6 is 0 Å². The predicted octanol–water partition coefficient (Wildman–Crippen LogP) is 3.90. The van der Waals surface area contributed by atoms with E-state index in [2.05, 4.69) is 40.7 Å².